The van der Waals surface area contributed by atoms with Gasteiger partial charge < -0.3 is 30.7 Å². The predicted octanol–water partition coefficient (Wildman–Crippen LogP) is 3.11. The van der Waals surface area contributed by atoms with Crippen LogP contribution in [0.5, 0.6) is 0 Å². The second-order valence-electron chi connectivity index (χ2n) is 8.76. The van der Waals surface area contributed by atoms with Gasteiger partial charge in [0.15, 0.2) is 11.5 Å². The average Bonchev–Trinajstić information content (AvgIpc) is 3.32. The van der Waals surface area contributed by atoms with Crippen molar-refractivity contribution in [2.24, 2.45) is 0 Å². The number of imidazole rings is 1. The van der Waals surface area contributed by atoms with E-state index in [1.807, 2.05) is 30.0 Å². The molecule has 0 spiro atoms. The number of H-pyrrole nitrogens is 1. The molecule has 1 saturated heterocycles. The first-order valence-corrected chi connectivity index (χ1v) is 11.7. The van der Waals surface area contributed by atoms with Crippen LogP contribution in [0.25, 0.3) is 22.1 Å². The predicted molar refractivity (Wildman–Crippen MR) is 138 cm³/mol. The van der Waals surface area contributed by atoms with Crippen molar-refractivity contribution >= 4 is 57.3 Å². The van der Waals surface area contributed by atoms with Crippen molar-refractivity contribution in [2.45, 2.75) is 13.0 Å². The highest BCUT2D eigenvalue weighted by Crippen LogP contribution is 2.34. The van der Waals surface area contributed by atoms with E-state index in [-0.39, 0.29) is 18.0 Å². The molecular weight excluding hydrogens is 468 g/mol. The molecule has 182 valence electrons. The zero-order valence-electron chi connectivity index (χ0n) is 19.8. The third-order valence-corrected chi connectivity index (χ3v) is 6.46. The molecule has 3 aromatic heterocycles. The van der Waals surface area contributed by atoms with Gasteiger partial charge in [-0.25, -0.2) is 14.8 Å². The van der Waals surface area contributed by atoms with Crippen LogP contribution in [0, 0.1) is 0 Å². The molecule has 35 heavy (non-hydrogen) atoms. The number of nitrogens with two attached hydrogens (primary N) is 1. The zero-order chi connectivity index (χ0) is 24.7. The Hall–Kier alpha value is -3.86. The van der Waals surface area contributed by atoms with Crippen molar-refractivity contribution in [2.75, 3.05) is 56.2 Å². The highest BCUT2D eigenvalue weighted by molar-refractivity contribution is 6.35. The van der Waals surface area contributed by atoms with Crippen molar-refractivity contribution in [3.8, 4) is 0 Å². The number of fused-ring (bicyclic) bond motifs is 2. The smallest absolute Gasteiger partial charge is 0.319 e. The van der Waals surface area contributed by atoms with Crippen LogP contribution >= 0.6 is 11.6 Å². The number of nitrogens with zero attached hydrogens (tertiary/aromatic N) is 7. The van der Waals surface area contributed by atoms with Gasteiger partial charge in [-0.3, -0.25) is 0 Å². The number of halogens is 1. The first kappa shape index (κ1) is 22.9. The van der Waals surface area contributed by atoms with E-state index in [1.54, 1.807) is 25.3 Å². The van der Waals surface area contributed by atoms with E-state index in [0.29, 0.717) is 48.2 Å². The Bertz CT molecular complexity index is 1400. The van der Waals surface area contributed by atoms with Crippen LogP contribution in [0.1, 0.15) is 18.5 Å². The molecule has 4 heterocycles. The summed E-state index contributed by atoms with van der Waals surface area (Å²) in [6.07, 6.45) is 1.56. The fourth-order valence-corrected chi connectivity index (χ4v) is 4.59. The summed E-state index contributed by atoms with van der Waals surface area (Å²) in [7, 11) is 3.53. The van der Waals surface area contributed by atoms with Crippen molar-refractivity contribution in [3.63, 3.8) is 0 Å². The Morgan fingerprint density at radius 2 is 1.97 bits per heavy atom. The van der Waals surface area contributed by atoms with Crippen molar-refractivity contribution < 1.29 is 4.79 Å². The molecule has 11 nitrogen and oxygen atoms in total. The molecule has 12 heteroatoms. The molecule has 0 bridgehead atoms. The normalized spacial score (nSPS) is 15.0. The minimum Gasteiger partial charge on any atom is -0.368 e. The molecule has 4 N–H and O–H groups in total. The summed E-state index contributed by atoms with van der Waals surface area (Å²) < 4.78 is 0. The molecule has 0 unspecified atom stereocenters. The number of hydrogen-bond donors (Lipinski definition) is 3. The molecule has 1 aromatic carbocycles. The van der Waals surface area contributed by atoms with E-state index < -0.39 is 0 Å². The number of carbonyl (C=O) groups is 1. The molecular formula is C23H27ClN10O. The van der Waals surface area contributed by atoms with Gasteiger partial charge in [0.05, 0.1) is 22.9 Å². The number of amides is 2. The number of para-hydroxylation sites is 1. The summed E-state index contributed by atoms with van der Waals surface area (Å²) in [4.78, 5) is 38.9. The first-order chi connectivity index (χ1) is 16.8. The molecule has 1 atom stereocenters. The van der Waals surface area contributed by atoms with Gasteiger partial charge in [-0.15, -0.1) is 0 Å². The number of piperazine rings is 1. The lowest BCUT2D eigenvalue weighted by molar-refractivity contribution is 0.168. The van der Waals surface area contributed by atoms with Gasteiger partial charge in [0.25, 0.3) is 0 Å². The minimum atomic E-state index is -0.178. The summed E-state index contributed by atoms with van der Waals surface area (Å²) in [6.45, 7) is 4.58. The van der Waals surface area contributed by atoms with Gasteiger partial charge in [0, 0.05) is 51.2 Å². The van der Waals surface area contributed by atoms with E-state index >= 15 is 0 Å². The Morgan fingerprint density at radius 3 is 2.71 bits per heavy atom. The number of carbonyl (C=O) groups excluding carboxylic acids is 1. The number of aromatic nitrogens is 5. The van der Waals surface area contributed by atoms with Crippen LogP contribution in [0.4, 0.5) is 22.4 Å². The number of hydrogen-bond acceptors (Lipinski definition) is 8. The monoisotopic (exact) mass is 494 g/mol. The van der Waals surface area contributed by atoms with Crippen molar-refractivity contribution in [1.29, 1.82) is 0 Å². The Kier molecular flexibility index (Phi) is 5.93. The molecule has 4 aromatic rings. The van der Waals surface area contributed by atoms with E-state index in [0.717, 1.165) is 22.3 Å². The minimum absolute atomic E-state index is 0.0133. The Labute approximate surface area is 207 Å². The number of anilines is 3. The number of aromatic amines is 1. The van der Waals surface area contributed by atoms with E-state index in [2.05, 4.69) is 36.2 Å². The molecule has 1 fully saturated rings. The van der Waals surface area contributed by atoms with Crippen LogP contribution < -0.4 is 16.0 Å². The Morgan fingerprint density at radius 1 is 1.20 bits per heavy atom. The highest BCUT2D eigenvalue weighted by atomic mass is 35.5. The lowest BCUT2D eigenvalue weighted by Crippen LogP contribution is -2.52. The van der Waals surface area contributed by atoms with Crippen molar-refractivity contribution in [1.82, 2.24) is 34.7 Å². The summed E-state index contributed by atoms with van der Waals surface area (Å²) in [5.41, 5.74) is 8.81. The lowest BCUT2D eigenvalue weighted by atomic mass is 10.0. The number of nitrogens with one attached hydrogen (secondary N) is 2. The average molecular weight is 495 g/mol. The SMILES string of the molecule is C[C@H](Nc1nc(N)nc2nc[nH]c12)c1cc2cccc(Cl)c2nc1N1CCN(C(=O)N(C)C)CC1. The summed E-state index contributed by atoms with van der Waals surface area (Å²) in [5, 5.41) is 5.00. The number of nitrogen functional groups attached to an aromatic ring is 1. The second-order valence-corrected chi connectivity index (χ2v) is 9.17. The second kappa shape index (κ2) is 9.06. The Balaban J connectivity index is 1.51. The molecule has 0 radical (unpaired) electrons. The maximum absolute atomic E-state index is 12.4. The summed E-state index contributed by atoms with van der Waals surface area (Å²) in [5.74, 6) is 1.53. The van der Waals surface area contributed by atoms with E-state index in [9.17, 15) is 4.79 Å². The van der Waals surface area contributed by atoms with Gasteiger partial charge in [0.1, 0.15) is 11.3 Å². The topological polar surface area (TPSA) is 132 Å². The molecule has 5 rings (SSSR count). The quantitative estimate of drug-likeness (QED) is 0.394. The fourth-order valence-electron chi connectivity index (χ4n) is 4.37. The van der Waals surface area contributed by atoms with E-state index in [1.165, 1.54) is 0 Å². The molecule has 0 aliphatic carbocycles. The lowest BCUT2D eigenvalue weighted by Gasteiger charge is -2.37. The van der Waals surface area contributed by atoms with Gasteiger partial charge in [-0.1, -0.05) is 23.7 Å². The zero-order valence-corrected chi connectivity index (χ0v) is 20.5. The summed E-state index contributed by atoms with van der Waals surface area (Å²) >= 11 is 6.50. The molecule has 0 saturated carbocycles. The molecule has 2 amide bonds. The van der Waals surface area contributed by atoms with Crippen LogP contribution in [-0.4, -0.2) is 81.0 Å². The summed E-state index contributed by atoms with van der Waals surface area (Å²) in [6, 6.07) is 7.69. The third kappa shape index (κ3) is 4.34. The van der Waals surface area contributed by atoms with Crippen molar-refractivity contribution in [3.05, 3.63) is 41.2 Å². The maximum Gasteiger partial charge on any atom is 0.319 e. The van der Waals surface area contributed by atoms with Gasteiger partial charge in [-0.05, 0) is 19.1 Å². The van der Waals surface area contributed by atoms with Gasteiger partial charge in [-0.2, -0.15) is 9.97 Å². The largest absolute Gasteiger partial charge is 0.368 e. The highest BCUT2D eigenvalue weighted by Gasteiger charge is 2.26. The number of rotatable bonds is 4. The maximum atomic E-state index is 12.4. The number of pyridine rings is 1. The van der Waals surface area contributed by atoms with Crippen LogP contribution in [0.15, 0.2) is 30.6 Å². The van der Waals surface area contributed by atoms with E-state index in [4.69, 9.17) is 22.3 Å². The van der Waals surface area contributed by atoms with Crippen LogP contribution in [0.2, 0.25) is 5.02 Å². The molecule has 1 aliphatic heterocycles. The fraction of sp³-hybridized carbons (Fsp3) is 0.348. The molecule has 1 aliphatic rings. The first-order valence-electron chi connectivity index (χ1n) is 11.4. The van der Waals surface area contributed by atoms with Gasteiger partial charge >= 0.3 is 6.03 Å². The number of urea groups is 1. The van der Waals surface area contributed by atoms with Crippen LogP contribution in [-0.2, 0) is 0 Å². The van der Waals surface area contributed by atoms with Crippen LogP contribution in [0.3, 0.4) is 0 Å². The number of benzene rings is 1. The standard InChI is InChI=1S/C23H27ClN10O/c1-13(28-20-18-19(27-12-26-18)30-22(25)31-20)15-11-14-5-4-6-16(24)17(14)29-21(15)33-7-9-34(10-8-33)23(35)32(2)3/h4-6,11-13H,7-10H2,1-3H3,(H4,25,26,27,28,30,31)/t13-/m0/s1. The van der Waals surface area contributed by atoms with Gasteiger partial charge in [0.2, 0.25) is 5.95 Å². The third-order valence-electron chi connectivity index (χ3n) is 6.16.